The van der Waals surface area contributed by atoms with Crippen LogP contribution in [-0.4, -0.2) is 15.9 Å². The molecular formula is C18H14FN3OS. The predicted octanol–water partition coefficient (Wildman–Crippen LogP) is 4.09. The van der Waals surface area contributed by atoms with Gasteiger partial charge in [-0.05, 0) is 42.2 Å². The molecule has 0 saturated heterocycles. The molecule has 2 heterocycles. The summed E-state index contributed by atoms with van der Waals surface area (Å²) in [6, 6.07) is 12.1. The number of hydrogen-bond acceptors (Lipinski definition) is 4. The molecule has 1 aliphatic rings. The van der Waals surface area contributed by atoms with Gasteiger partial charge in [-0.15, -0.1) is 11.3 Å². The van der Waals surface area contributed by atoms with E-state index in [1.807, 2.05) is 29.6 Å². The smallest absolute Gasteiger partial charge is 0.229 e. The summed E-state index contributed by atoms with van der Waals surface area (Å²) in [6.07, 6.45) is 2.45. The Labute approximate surface area is 142 Å². The number of rotatable bonds is 4. The lowest BCUT2D eigenvalue weighted by Gasteiger charge is -2.02. The van der Waals surface area contributed by atoms with Crippen molar-refractivity contribution in [1.82, 2.24) is 9.97 Å². The number of nitrogens with one attached hydrogen (secondary N) is 1. The molecule has 24 heavy (non-hydrogen) atoms. The molecule has 2 unspecified atom stereocenters. The minimum Gasteiger partial charge on any atom is -0.302 e. The molecule has 3 aromatic rings. The first kappa shape index (κ1) is 15.0. The normalized spacial score (nSPS) is 19.0. The second-order valence-electron chi connectivity index (χ2n) is 5.75. The van der Waals surface area contributed by atoms with Crippen molar-refractivity contribution < 1.29 is 9.18 Å². The highest BCUT2D eigenvalue weighted by Gasteiger charge is 2.44. The van der Waals surface area contributed by atoms with Gasteiger partial charge in [-0.2, -0.15) is 0 Å². The largest absolute Gasteiger partial charge is 0.302 e. The molecule has 1 aromatic carbocycles. The zero-order chi connectivity index (χ0) is 16.5. The average molecular weight is 339 g/mol. The Morgan fingerprint density at radius 2 is 2.12 bits per heavy atom. The summed E-state index contributed by atoms with van der Waals surface area (Å²) in [5.74, 6) is -0.352. The topological polar surface area (TPSA) is 54.9 Å². The second-order valence-corrected chi connectivity index (χ2v) is 6.60. The number of hydrogen-bond donors (Lipinski definition) is 1. The average Bonchev–Trinajstić information content (AvgIpc) is 3.28. The van der Waals surface area contributed by atoms with Gasteiger partial charge in [0.25, 0.3) is 0 Å². The number of aromatic nitrogens is 2. The standard InChI is InChI=1S/C18H14FN3OS/c19-12-5-3-4-11(8-12)13-9-14(13)17(23)22-18-21-16(10-24-18)15-6-1-2-7-20-15/h1-8,10,13-14H,9H2,(H,21,22,23). The number of nitrogens with zero attached hydrogens (tertiary/aromatic N) is 2. The van der Waals surface area contributed by atoms with Crippen LogP contribution in [0.1, 0.15) is 17.9 Å². The van der Waals surface area contributed by atoms with Crippen LogP contribution in [0.25, 0.3) is 11.4 Å². The van der Waals surface area contributed by atoms with E-state index in [1.165, 1.54) is 23.5 Å². The summed E-state index contributed by atoms with van der Waals surface area (Å²) in [5, 5.41) is 5.29. The third-order valence-electron chi connectivity index (χ3n) is 4.07. The van der Waals surface area contributed by atoms with Gasteiger partial charge < -0.3 is 5.32 Å². The summed E-state index contributed by atoms with van der Waals surface area (Å²) < 4.78 is 13.3. The van der Waals surface area contributed by atoms with Crippen molar-refractivity contribution in [3.05, 3.63) is 65.4 Å². The van der Waals surface area contributed by atoms with Gasteiger partial charge in [-0.3, -0.25) is 9.78 Å². The van der Waals surface area contributed by atoms with Gasteiger partial charge in [0.05, 0.1) is 5.69 Å². The summed E-state index contributed by atoms with van der Waals surface area (Å²) in [6.45, 7) is 0. The number of anilines is 1. The van der Waals surface area contributed by atoms with E-state index in [0.717, 1.165) is 23.4 Å². The van der Waals surface area contributed by atoms with Crippen LogP contribution in [-0.2, 0) is 4.79 Å². The first-order valence-electron chi connectivity index (χ1n) is 7.64. The van der Waals surface area contributed by atoms with E-state index in [2.05, 4.69) is 15.3 Å². The van der Waals surface area contributed by atoms with E-state index < -0.39 is 0 Å². The third kappa shape index (κ3) is 3.05. The fourth-order valence-electron chi connectivity index (χ4n) is 2.75. The van der Waals surface area contributed by atoms with Crippen molar-refractivity contribution in [3.8, 4) is 11.4 Å². The van der Waals surface area contributed by atoms with Gasteiger partial charge in [-0.25, -0.2) is 9.37 Å². The van der Waals surface area contributed by atoms with E-state index in [0.29, 0.717) is 5.13 Å². The van der Waals surface area contributed by atoms with Crippen LogP contribution in [0.2, 0.25) is 0 Å². The molecule has 0 spiro atoms. The zero-order valence-corrected chi connectivity index (χ0v) is 13.5. The van der Waals surface area contributed by atoms with Crippen molar-refractivity contribution in [2.45, 2.75) is 12.3 Å². The molecule has 0 aliphatic heterocycles. The minimum absolute atomic E-state index is 0.0637. The summed E-state index contributed by atoms with van der Waals surface area (Å²) >= 11 is 1.37. The summed E-state index contributed by atoms with van der Waals surface area (Å²) in [5.41, 5.74) is 2.40. The van der Waals surface area contributed by atoms with Crippen LogP contribution in [0.3, 0.4) is 0 Å². The van der Waals surface area contributed by atoms with Crippen molar-refractivity contribution in [3.63, 3.8) is 0 Å². The molecule has 1 fully saturated rings. The SMILES string of the molecule is O=C(Nc1nc(-c2ccccn2)cs1)C1CC1c1cccc(F)c1. The fraction of sp³-hybridized carbons (Fsp3) is 0.167. The fourth-order valence-corrected chi connectivity index (χ4v) is 3.46. The highest BCUT2D eigenvalue weighted by Crippen LogP contribution is 2.48. The van der Waals surface area contributed by atoms with Gasteiger partial charge in [0.2, 0.25) is 5.91 Å². The maximum atomic E-state index is 13.3. The van der Waals surface area contributed by atoms with Crippen molar-refractivity contribution in [2.24, 2.45) is 5.92 Å². The minimum atomic E-state index is -0.265. The molecule has 4 nitrogen and oxygen atoms in total. The van der Waals surface area contributed by atoms with Crippen LogP contribution in [0.4, 0.5) is 9.52 Å². The van der Waals surface area contributed by atoms with Crippen LogP contribution < -0.4 is 5.32 Å². The quantitative estimate of drug-likeness (QED) is 0.779. The molecule has 1 amide bonds. The van der Waals surface area contributed by atoms with Gasteiger partial charge >= 0.3 is 0 Å². The monoisotopic (exact) mass is 339 g/mol. The number of pyridine rings is 1. The Hall–Kier alpha value is -2.60. The maximum absolute atomic E-state index is 13.3. The highest BCUT2D eigenvalue weighted by atomic mass is 32.1. The Morgan fingerprint density at radius 1 is 1.21 bits per heavy atom. The number of halogens is 1. The van der Waals surface area contributed by atoms with Crippen molar-refractivity contribution in [2.75, 3.05) is 5.32 Å². The molecule has 6 heteroatoms. The number of thiazole rings is 1. The van der Waals surface area contributed by atoms with Crippen LogP contribution in [0, 0.1) is 11.7 Å². The van der Waals surface area contributed by atoms with Crippen molar-refractivity contribution >= 4 is 22.4 Å². The Bertz CT molecular complexity index is 881. The van der Waals surface area contributed by atoms with E-state index in [4.69, 9.17) is 0 Å². The number of benzene rings is 1. The maximum Gasteiger partial charge on any atom is 0.229 e. The zero-order valence-electron chi connectivity index (χ0n) is 12.6. The van der Waals surface area contributed by atoms with Crippen molar-refractivity contribution in [1.29, 1.82) is 0 Å². The lowest BCUT2D eigenvalue weighted by molar-refractivity contribution is -0.117. The Balaban J connectivity index is 1.42. The molecule has 0 radical (unpaired) electrons. The first-order valence-corrected chi connectivity index (χ1v) is 8.52. The Kier molecular flexibility index (Phi) is 3.82. The molecule has 4 rings (SSSR count). The first-order chi connectivity index (χ1) is 11.7. The molecule has 120 valence electrons. The lowest BCUT2D eigenvalue weighted by Crippen LogP contribution is -2.14. The highest BCUT2D eigenvalue weighted by molar-refractivity contribution is 7.14. The van der Waals surface area contributed by atoms with Crippen LogP contribution in [0.5, 0.6) is 0 Å². The number of carbonyl (C=O) groups excluding carboxylic acids is 1. The molecule has 1 aliphatic carbocycles. The summed E-state index contributed by atoms with van der Waals surface area (Å²) in [4.78, 5) is 21.0. The van der Waals surface area contributed by atoms with E-state index in [1.54, 1.807) is 12.3 Å². The van der Waals surface area contributed by atoms with E-state index in [9.17, 15) is 9.18 Å². The number of amides is 1. The van der Waals surface area contributed by atoms with Gasteiger partial charge in [0, 0.05) is 17.5 Å². The molecule has 2 aromatic heterocycles. The molecule has 0 bridgehead atoms. The molecular weight excluding hydrogens is 325 g/mol. The summed E-state index contributed by atoms with van der Waals surface area (Å²) in [7, 11) is 0. The van der Waals surface area contributed by atoms with E-state index >= 15 is 0 Å². The second kappa shape index (κ2) is 6.13. The van der Waals surface area contributed by atoms with Gasteiger partial charge in [0.1, 0.15) is 11.5 Å². The lowest BCUT2D eigenvalue weighted by atomic mass is 10.1. The third-order valence-corrected chi connectivity index (χ3v) is 4.82. The van der Waals surface area contributed by atoms with Gasteiger partial charge in [0.15, 0.2) is 5.13 Å². The van der Waals surface area contributed by atoms with Crippen LogP contribution >= 0.6 is 11.3 Å². The number of carbonyl (C=O) groups is 1. The van der Waals surface area contributed by atoms with Crippen LogP contribution in [0.15, 0.2) is 54.0 Å². The Morgan fingerprint density at radius 3 is 2.92 bits per heavy atom. The molecule has 2 atom stereocenters. The predicted molar refractivity (Wildman–Crippen MR) is 91.2 cm³/mol. The molecule has 1 saturated carbocycles. The van der Waals surface area contributed by atoms with Gasteiger partial charge in [-0.1, -0.05) is 18.2 Å². The van der Waals surface area contributed by atoms with E-state index in [-0.39, 0.29) is 23.6 Å². The molecule has 1 N–H and O–H groups in total.